The minimum absolute atomic E-state index is 0.615. The zero-order valence-corrected chi connectivity index (χ0v) is 11.5. The Kier molecular flexibility index (Phi) is 3.12. The molecule has 5 heteroatoms. The van der Waals surface area contributed by atoms with Gasteiger partial charge in [0.1, 0.15) is 5.82 Å². The summed E-state index contributed by atoms with van der Waals surface area (Å²) in [4.78, 5) is 8.69. The molecular weight excluding hydrogens is 287 g/mol. The quantitative estimate of drug-likeness (QED) is 0.699. The molecule has 0 saturated carbocycles. The smallest absolute Gasteiger partial charge is 0.147 e. The lowest BCUT2D eigenvalue weighted by Crippen LogP contribution is -1.81. The predicted molar refractivity (Wildman–Crippen MR) is 77.4 cm³/mol. The minimum Gasteiger partial charge on any atom is -0.337 e. The molecule has 90 valence electrons. The lowest BCUT2D eigenvalue weighted by Gasteiger charge is -2.03. The molecule has 0 aliphatic heterocycles. The summed E-state index contributed by atoms with van der Waals surface area (Å²) in [5, 5.41) is 3.24. The molecule has 0 saturated heterocycles. The van der Waals surface area contributed by atoms with Crippen molar-refractivity contribution in [3.63, 3.8) is 0 Å². The Morgan fingerprint density at radius 1 is 1.06 bits per heavy atom. The number of benzene rings is 1. The van der Waals surface area contributed by atoms with Crippen LogP contribution < -0.4 is 0 Å². The number of hydrogen-bond acceptors (Lipinski definition) is 2. The highest BCUT2D eigenvalue weighted by Crippen LogP contribution is 2.34. The van der Waals surface area contributed by atoms with Gasteiger partial charge in [-0.3, -0.25) is 0 Å². The molecule has 0 unspecified atom stereocenters. The lowest BCUT2D eigenvalue weighted by molar-refractivity contribution is 1.33. The number of imidazole rings is 1. The van der Waals surface area contributed by atoms with Crippen molar-refractivity contribution in [3.8, 4) is 22.0 Å². The zero-order valence-electron chi connectivity index (χ0n) is 9.15. The average molecular weight is 295 g/mol. The Bertz CT molecular complexity index is 654. The van der Waals surface area contributed by atoms with E-state index in [1.165, 1.54) is 0 Å². The van der Waals surface area contributed by atoms with Gasteiger partial charge in [0, 0.05) is 5.56 Å². The van der Waals surface area contributed by atoms with Crippen LogP contribution in [-0.4, -0.2) is 9.97 Å². The highest BCUT2D eigenvalue weighted by Gasteiger charge is 2.12. The van der Waals surface area contributed by atoms with Gasteiger partial charge in [-0.2, -0.15) is 0 Å². The van der Waals surface area contributed by atoms with Crippen LogP contribution >= 0.6 is 34.5 Å². The Balaban J connectivity index is 2.09. The average Bonchev–Trinajstić information content (AvgIpc) is 2.99. The van der Waals surface area contributed by atoms with Crippen LogP contribution in [0.4, 0.5) is 0 Å². The van der Waals surface area contributed by atoms with E-state index in [4.69, 9.17) is 23.2 Å². The molecule has 0 spiro atoms. The van der Waals surface area contributed by atoms with E-state index < -0.39 is 0 Å². The van der Waals surface area contributed by atoms with E-state index in [2.05, 4.69) is 9.97 Å². The van der Waals surface area contributed by atoms with Crippen molar-refractivity contribution in [2.75, 3.05) is 0 Å². The number of hydrogen-bond donors (Lipinski definition) is 1. The number of rotatable bonds is 2. The van der Waals surface area contributed by atoms with Crippen LogP contribution in [0.1, 0.15) is 0 Å². The summed E-state index contributed by atoms with van der Waals surface area (Å²) < 4.78 is 0. The fourth-order valence-electron chi connectivity index (χ4n) is 1.74. The van der Waals surface area contributed by atoms with E-state index in [1.807, 2.05) is 35.7 Å². The third-order valence-electron chi connectivity index (χ3n) is 2.56. The summed E-state index contributed by atoms with van der Waals surface area (Å²) in [5.74, 6) is 0.830. The summed E-state index contributed by atoms with van der Waals surface area (Å²) in [6.07, 6.45) is 1.75. The van der Waals surface area contributed by atoms with Gasteiger partial charge in [-0.25, -0.2) is 4.98 Å². The molecule has 2 heterocycles. The largest absolute Gasteiger partial charge is 0.337 e. The summed E-state index contributed by atoms with van der Waals surface area (Å²) in [6, 6.07) is 9.46. The maximum atomic E-state index is 6.17. The fraction of sp³-hybridized carbons (Fsp3) is 0. The van der Waals surface area contributed by atoms with Gasteiger partial charge in [0.05, 0.1) is 26.8 Å². The van der Waals surface area contributed by atoms with Crippen LogP contribution in [0.2, 0.25) is 10.0 Å². The fourth-order valence-corrected chi connectivity index (χ4v) is 3.02. The Morgan fingerprint density at radius 2 is 1.83 bits per heavy atom. The number of thiophene rings is 1. The van der Waals surface area contributed by atoms with Crippen molar-refractivity contribution in [3.05, 3.63) is 52.0 Å². The van der Waals surface area contributed by atoms with Crippen LogP contribution in [-0.2, 0) is 0 Å². The highest BCUT2D eigenvalue weighted by molar-refractivity contribution is 7.13. The molecule has 1 aromatic carbocycles. The van der Waals surface area contributed by atoms with Crippen molar-refractivity contribution in [1.29, 1.82) is 0 Å². The zero-order chi connectivity index (χ0) is 12.5. The Hall–Kier alpha value is -1.29. The summed E-state index contributed by atoms with van der Waals surface area (Å²) in [6.45, 7) is 0. The molecule has 0 atom stereocenters. The monoisotopic (exact) mass is 294 g/mol. The predicted octanol–water partition coefficient (Wildman–Crippen LogP) is 5.11. The molecule has 0 radical (unpaired) electrons. The molecule has 0 aliphatic carbocycles. The molecule has 2 nitrogen and oxygen atoms in total. The normalized spacial score (nSPS) is 10.8. The number of aromatic amines is 1. The molecular formula is C13H8Cl2N2S. The molecule has 0 bridgehead atoms. The first kappa shape index (κ1) is 11.8. The molecule has 3 aromatic rings. The van der Waals surface area contributed by atoms with Gasteiger partial charge in [0.15, 0.2) is 0 Å². The van der Waals surface area contributed by atoms with Gasteiger partial charge >= 0.3 is 0 Å². The van der Waals surface area contributed by atoms with E-state index >= 15 is 0 Å². The summed E-state index contributed by atoms with van der Waals surface area (Å²) in [5.41, 5.74) is 1.62. The van der Waals surface area contributed by atoms with Crippen molar-refractivity contribution in [1.82, 2.24) is 9.97 Å². The van der Waals surface area contributed by atoms with Gasteiger partial charge in [-0.1, -0.05) is 35.3 Å². The van der Waals surface area contributed by atoms with Crippen LogP contribution in [0.25, 0.3) is 22.0 Å². The summed E-state index contributed by atoms with van der Waals surface area (Å²) >= 11 is 14.0. The van der Waals surface area contributed by atoms with Gasteiger partial charge in [-0.05, 0) is 23.6 Å². The SMILES string of the molecule is Clc1cccc(Cl)c1-c1cnc(-c2cccs2)[nH]1. The maximum absolute atomic E-state index is 6.17. The van der Waals surface area contributed by atoms with Crippen molar-refractivity contribution in [2.45, 2.75) is 0 Å². The van der Waals surface area contributed by atoms with Gasteiger partial charge in [-0.15, -0.1) is 11.3 Å². The standard InChI is InChI=1S/C13H8Cl2N2S/c14-8-3-1-4-9(15)12(8)10-7-16-13(17-10)11-5-2-6-18-11/h1-7H,(H,16,17). The second kappa shape index (κ2) is 4.76. The van der Waals surface area contributed by atoms with Crippen LogP contribution in [0.15, 0.2) is 41.9 Å². The molecule has 0 amide bonds. The van der Waals surface area contributed by atoms with E-state index in [9.17, 15) is 0 Å². The van der Waals surface area contributed by atoms with Crippen molar-refractivity contribution >= 4 is 34.5 Å². The van der Waals surface area contributed by atoms with E-state index in [0.717, 1.165) is 22.0 Å². The van der Waals surface area contributed by atoms with Crippen LogP contribution in [0, 0.1) is 0 Å². The van der Waals surface area contributed by atoms with E-state index in [1.54, 1.807) is 17.5 Å². The first-order valence-electron chi connectivity index (χ1n) is 5.29. The number of aromatic nitrogens is 2. The Labute approximate surface area is 118 Å². The molecule has 0 fully saturated rings. The van der Waals surface area contributed by atoms with Crippen molar-refractivity contribution < 1.29 is 0 Å². The molecule has 0 aliphatic rings. The minimum atomic E-state index is 0.615. The topological polar surface area (TPSA) is 28.7 Å². The third kappa shape index (κ3) is 2.05. The second-order valence-corrected chi connectivity index (χ2v) is 5.48. The first-order valence-corrected chi connectivity index (χ1v) is 6.92. The number of H-pyrrole nitrogens is 1. The van der Waals surface area contributed by atoms with E-state index in [-0.39, 0.29) is 0 Å². The van der Waals surface area contributed by atoms with Crippen LogP contribution in [0.5, 0.6) is 0 Å². The third-order valence-corrected chi connectivity index (χ3v) is 4.07. The second-order valence-electron chi connectivity index (χ2n) is 3.72. The molecule has 1 N–H and O–H groups in total. The highest BCUT2D eigenvalue weighted by atomic mass is 35.5. The molecule has 2 aromatic heterocycles. The molecule has 18 heavy (non-hydrogen) atoms. The van der Waals surface area contributed by atoms with Crippen molar-refractivity contribution in [2.24, 2.45) is 0 Å². The van der Waals surface area contributed by atoms with Gasteiger partial charge in [0.2, 0.25) is 0 Å². The molecule has 3 rings (SSSR count). The van der Waals surface area contributed by atoms with Gasteiger partial charge < -0.3 is 4.98 Å². The first-order chi connectivity index (χ1) is 8.75. The number of nitrogens with zero attached hydrogens (tertiary/aromatic N) is 1. The van der Waals surface area contributed by atoms with Gasteiger partial charge in [0.25, 0.3) is 0 Å². The van der Waals surface area contributed by atoms with Crippen LogP contribution in [0.3, 0.4) is 0 Å². The lowest BCUT2D eigenvalue weighted by atomic mass is 10.2. The Morgan fingerprint density at radius 3 is 2.50 bits per heavy atom. The van der Waals surface area contributed by atoms with E-state index in [0.29, 0.717) is 10.0 Å². The maximum Gasteiger partial charge on any atom is 0.147 e. The number of halogens is 2. The number of nitrogens with one attached hydrogen (secondary N) is 1. The summed E-state index contributed by atoms with van der Waals surface area (Å²) in [7, 11) is 0.